The van der Waals surface area contributed by atoms with Crippen molar-refractivity contribution in [2.24, 2.45) is 0 Å². The first-order chi connectivity index (χ1) is 14.1. The molecular formula is C21H24N6O2. The zero-order valence-electron chi connectivity index (χ0n) is 16.5. The lowest BCUT2D eigenvalue weighted by Gasteiger charge is -2.21. The number of nitrogens with one attached hydrogen (secondary N) is 2. The summed E-state index contributed by atoms with van der Waals surface area (Å²) in [5.74, 6) is 2.03. The maximum atomic E-state index is 12.6. The summed E-state index contributed by atoms with van der Waals surface area (Å²) in [6, 6.07) is 15.0. The normalized spacial score (nSPS) is 19.2. The topological polar surface area (TPSA) is 96.0 Å². The second kappa shape index (κ2) is 8.40. The van der Waals surface area contributed by atoms with Gasteiger partial charge in [-0.05, 0) is 31.5 Å². The first kappa shape index (κ1) is 19.1. The molecule has 29 heavy (non-hydrogen) atoms. The molecule has 2 atom stereocenters. The van der Waals surface area contributed by atoms with Crippen molar-refractivity contribution in [1.82, 2.24) is 30.4 Å². The zero-order chi connectivity index (χ0) is 20.2. The number of nitrogens with zero attached hydrogens (tertiary/aromatic N) is 4. The first-order valence-electron chi connectivity index (χ1n) is 9.61. The second-order valence-electron chi connectivity index (χ2n) is 7.17. The van der Waals surface area contributed by atoms with Crippen LogP contribution in [0.2, 0.25) is 0 Å². The van der Waals surface area contributed by atoms with Crippen LogP contribution in [-0.2, 0) is 6.54 Å². The number of ether oxygens (including phenoxy) is 1. The molecule has 3 heterocycles. The summed E-state index contributed by atoms with van der Waals surface area (Å²) in [7, 11) is 1.61. The number of hydrogen-bond donors (Lipinski definition) is 2. The van der Waals surface area contributed by atoms with E-state index in [0.29, 0.717) is 24.5 Å². The monoisotopic (exact) mass is 392 g/mol. The minimum Gasteiger partial charge on any atom is -0.481 e. The Morgan fingerprint density at radius 2 is 2.03 bits per heavy atom. The Labute approximate surface area is 169 Å². The van der Waals surface area contributed by atoms with E-state index in [1.807, 2.05) is 55.5 Å². The highest BCUT2D eigenvalue weighted by Crippen LogP contribution is 2.31. The van der Waals surface area contributed by atoms with Crippen molar-refractivity contribution < 1.29 is 9.53 Å². The fraction of sp³-hybridized carbons (Fsp3) is 0.333. The van der Waals surface area contributed by atoms with Crippen molar-refractivity contribution in [1.29, 1.82) is 0 Å². The van der Waals surface area contributed by atoms with E-state index in [4.69, 9.17) is 4.74 Å². The van der Waals surface area contributed by atoms with E-state index in [1.54, 1.807) is 7.11 Å². The van der Waals surface area contributed by atoms with Crippen LogP contribution in [0.25, 0.3) is 0 Å². The molecule has 1 aliphatic rings. The number of carbonyl (C=O) groups is 1. The van der Waals surface area contributed by atoms with Gasteiger partial charge in [0.1, 0.15) is 5.82 Å². The van der Waals surface area contributed by atoms with Crippen molar-refractivity contribution in [3.8, 4) is 5.88 Å². The van der Waals surface area contributed by atoms with Gasteiger partial charge in [-0.1, -0.05) is 24.3 Å². The summed E-state index contributed by atoms with van der Waals surface area (Å²) in [6.45, 7) is 3.19. The van der Waals surface area contributed by atoms with Gasteiger partial charge >= 0.3 is 0 Å². The van der Waals surface area contributed by atoms with Gasteiger partial charge in [0.15, 0.2) is 5.82 Å². The number of pyridine rings is 1. The molecule has 1 amide bonds. The molecule has 1 fully saturated rings. The Hall–Kier alpha value is -3.26. The molecule has 4 rings (SSSR count). The van der Waals surface area contributed by atoms with Crippen molar-refractivity contribution in [2.75, 3.05) is 13.7 Å². The van der Waals surface area contributed by atoms with Crippen LogP contribution in [0.4, 0.5) is 0 Å². The Kier molecular flexibility index (Phi) is 5.53. The summed E-state index contributed by atoms with van der Waals surface area (Å²) >= 11 is 0. The molecule has 3 aromatic rings. The molecule has 1 aliphatic heterocycles. The van der Waals surface area contributed by atoms with Crippen LogP contribution in [0.3, 0.4) is 0 Å². The highest BCUT2D eigenvalue weighted by Gasteiger charge is 2.36. The number of carbonyl (C=O) groups excluding carboxylic acids is 1. The Morgan fingerprint density at radius 3 is 2.76 bits per heavy atom. The SMILES string of the molecule is COc1cccc(CN2CC(NC(=O)c3ccccc3)CC2c2n[nH]c(C)n2)n1. The summed E-state index contributed by atoms with van der Waals surface area (Å²) in [6.07, 6.45) is 0.736. The highest BCUT2D eigenvalue weighted by molar-refractivity contribution is 5.94. The number of aryl methyl sites for hydroxylation is 1. The highest BCUT2D eigenvalue weighted by atomic mass is 16.5. The Balaban J connectivity index is 1.52. The maximum absolute atomic E-state index is 12.6. The molecule has 0 aliphatic carbocycles. The number of H-pyrrole nitrogens is 1. The molecule has 2 N–H and O–H groups in total. The van der Waals surface area contributed by atoms with E-state index >= 15 is 0 Å². The van der Waals surface area contributed by atoms with E-state index in [-0.39, 0.29) is 18.0 Å². The molecule has 8 heteroatoms. The summed E-state index contributed by atoms with van der Waals surface area (Å²) in [5.41, 5.74) is 1.56. The predicted molar refractivity (Wildman–Crippen MR) is 107 cm³/mol. The number of amides is 1. The number of rotatable bonds is 6. The summed E-state index contributed by atoms with van der Waals surface area (Å²) < 4.78 is 5.24. The van der Waals surface area contributed by atoms with Gasteiger partial charge in [0.2, 0.25) is 5.88 Å². The van der Waals surface area contributed by atoms with Gasteiger partial charge in [-0.2, -0.15) is 5.10 Å². The van der Waals surface area contributed by atoms with Crippen LogP contribution in [0.1, 0.15) is 40.2 Å². The third-order valence-corrected chi connectivity index (χ3v) is 5.04. The fourth-order valence-corrected chi connectivity index (χ4v) is 3.69. The van der Waals surface area contributed by atoms with Gasteiger partial charge < -0.3 is 10.1 Å². The summed E-state index contributed by atoms with van der Waals surface area (Å²) in [4.78, 5) is 23.9. The number of aromatic amines is 1. The van der Waals surface area contributed by atoms with Crippen LogP contribution < -0.4 is 10.1 Å². The van der Waals surface area contributed by atoms with Crippen LogP contribution >= 0.6 is 0 Å². The van der Waals surface area contributed by atoms with Crippen molar-refractivity contribution >= 4 is 5.91 Å². The molecular weight excluding hydrogens is 368 g/mol. The van der Waals surface area contributed by atoms with Gasteiger partial charge in [-0.15, -0.1) is 0 Å². The quantitative estimate of drug-likeness (QED) is 0.668. The number of aromatic nitrogens is 4. The van der Waals surface area contributed by atoms with E-state index in [0.717, 1.165) is 23.8 Å². The Morgan fingerprint density at radius 1 is 1.21 bits per heavy atom. The van der Waals surface area contributed by atoms with Gasteiger partial charge in [-0.3, -0.25) is 14.8 Å². The lowest BCUT2D eigenvalue weighted by atomic mass is 10.1. The third kappa shape index (κ3) is 4.43. The molecule has 150 valence electrons. The molecule has 2 unspecified atom stereocenters. The van der Waals surface area contributed by atoms with Gasteiger partial charge in [0, 0.05) is 30.8 Å². The molecule has 1 saturated heterocycles. The number of likely N-dealkylation sites (tertiary alicyclic amines) is 1. The second-order valence-corrected chi connectivity index (χ2v) is 7.17. The fourth-order valence-electron chi connectivity index (χ4n) is 3.69. The van der Waals surface area contributed by atoms with Gasteiger partial charge in [0.25, 0.3) is 5.91 Å². The largest absolute Gasteiger partial charge is 0.481 e. The van der Waals surface area contributed by atoms with Crippen molar-refractivity contribution in [2.45, 2.75) is 32.0 Å². The zero-order valence-corrected chi connectivity index (χ0v) is 16.5. The lowest BCUT2D eigenvalue weighted by molar-refractivity contribution is 0.0937. The first-order valence-corrected chi connectivity index (χ1v) is 9.61. The van der Waals surface area contributed by atoms with Crippen LogP contribution in [-0.4, -0.2) is 50.7 Å². The van der Waals surface area contributed by atoms with E-state index in [2.05, 4.69) is 30.4 Å². The maximum Gasteiger partial charge on any atom is 0.251 e. The average Bonchev–Trinajstić information content (AvgIpc) is 3.34. The van der Waals surface area contributed by atoms with Crippen LogP contribution in [0.15, 0.2) is 48.5 Å². The predicted octanol–water partition coefficient (Wildman–Crippen LogP) is 2.26. The molecule has 0 radical (unpaired) electrons. The third-order valence-electron chi connectivity index (χ3n) is 5.04. The van der Waals surface area contributed by atoms with Gasteiger partial charge in [0.05, 0.1) is 18.8 Å². The van der Waals surface area contributed by atoms with Crippen LogP contribution in [0, 0.1) is 6.92 Å². The summed E-state index contributed by atoms with van der Waals surface area (Å²) in [5, 5.41) is 10.4. The number of methoxy groups -OCH3 is 1. The molecule has 0 spiro atoms. The molecule has 8 nitrogen and oxygen atoms in total. The minimum atomic E-state index is -0.0677. The smallest absolute Gasteiger partial charge is 0.251 e. The van der Waals surface area contributed by atoms with Crippen LogP contribution in [0.5, 0.6) is 5.88 Å². The molecule has 0 saturated carbocycles. The average molecular weight is 392 g/mol. The Bertz CT molecular complexity index is 974. The van der Waals surface area contributed by atoms with E-state index in [9.17, 15) is 4.79 Å². The van der Waals surface area contributed by atoms with Crippen molar-refractivity contribution in [3.05, 3.63) is 71.4 Å². The molecule has 0 bridgehead atoms. The van der Waals surface area contributed by atoms with E-state index in [1.165, 1.54) is 0 Å². The molecule has 1 aromatic carbocycles. The van der Waals surface area contributed by atoms with Gasteiger partial charge in [-0.25, -0.2) is 9.97 Å². The standard InChI is InChI=1S/C21H24N6O2/c1-14-22-20(26-25-14)18-11-17(24-21(28)15-7-4-3-5-8-15)13-27(18)12-16-9-6-10-19(23-16)29-2/h3-10,17-18H,11-13H2,1-2H3,(H,24,28)(H,22,25,26). The molecule has 2 aromatic heterocycles. The number of hydrogen-bond acceptors (Lipinski definition) is 6. The minimum absolute atomic E-state index is 0.00267. The number of benzene rings is 1. The van der Waals surface area contributed by atoms with Crippen molar-refractivity contribution in [3.63, 3.8) is 0 Å². The van der Waals surface area contributed by atoms with E-state index < -0.39 is 0 Å². The lowest BCUT2D eigenvalue weighted by Crippen LogP contribution is -2.37.